The Morgan fingerprint density at radius 3 is 2.81 bits per heavy atom. The second kappa shape index (κ2) is 3.90. The molecule has 1 aromatic rings. The van der Waals surface area contributed by atoms with Crippen molar-refractivity contribution in [3.05, 3.63) is 18.2 Å². The molecule has 5 nitrogen and oxygen atoms in total. The Kier molecular flexibility index (Phi) is 2.71. The zero-order chi connectivity index (χ0) is 11.8. The lowest BCUT2D eigenvalue weighted by Gasteiger charge is -2.46. The van der Waals surface area contributed by atoms with Crippen molar-refractivity contribution in [3.63, 3.8) is 0 Å². The number of hydrogen-bond donors (Lipinski definition) is 1. The number of hydrogen-bond acceptors (Lipinski definition) is 3. The van der Waals surface area contributed by atoms with Crippen LogP contribution in [0.2, 0.25) is 0 Å². The third-order valence-electron chi connectivity index (χ3n) is 2.90. The minimum atomic E-state index is -0.667. The van der Waals surface area contributed by atoms with Crippen molar-refractivity contribution in [2.75, 3.05) is 13.1 Å². The Labute approximate surface area is 94.7 Å². The summed E-state index contributed by atoms with van der Waals surface area (Å²) in [5, 5.41) is 9.96. The fourth-order valence-electron chi connectivity index (χ4n) is 2.12. The first-order chi connectivity index (χ1) is 7.54. The van der Waals surface area contributed by atoms with E-state index in [1.807, 2.05) is 14.0 Å². The van der Waals surface area contributed by atoms with Gasteiger partial charge in [0.2, 0.25) is 0 Å². The molecule has 2 rings (SSSR count). The average Bonchev–Trinajstić information content (AvgIpc) is 2.60. The van der Waals surface area contributed by atoms with Gasteiger partial charge in [-0.25, -0.2) is 4.98 Å². The van der Waals surface area contributed by atoms with Gasteiger partial charge in [-0.1, -0.05) is 13.3 Å². The highest BCUT2D eigenvalue weighted by Crippen LogP contribution is 2.26. The Bertz CT molecular complexity index is 394. The number of rotatable bonds is 3. The largest absolute Gasteiger partial charge is 0.386 e. The van der Waals surface area contributed by atoms with E-state index in [0.29, 0.717) is 18.8 Å². The van der Waals surface area contributed by atoms with Crippen LogP contribution < -0.4 is 0 Å². The van der Waals surface area contributed by atoms with Gasteiger partial charge in [0.15, 0.2) is 0 Å². The van der Waals surface area contributed by atoms with Crippen LogP contribution in [0.25, 0.3) is 0 Å². The van der Waals surface area contributed by atoms with Gasteiger partial charge in [0.25, 0.3) is 5.91 Å². The number of carbonyl (C=O) groups is 1. The third-order valence-corrected chi connectivity index (χ3v) is 2.90. The second-order valence-corrected chi connectivity index (χ2v) is 4.56. The minimum absolute atomic E-state index is 0.0959. The summed E-state index contributed by atoms with van der Waals surface area (Å²) in [6.45, 7) is 2.88. The maximum absolute atomic E-state index is 11.9. The first-order valence-electron chi connectivity index (χ1n) is 5.54. The molecule has 1 aromatic heterocycles. The molecule has 1 N–H and O–H groups in total. The SMILES string of the molecule is CCCC1(O)CN(C(=O)c2cn(C)cn2)C1. The van der Waals surface area contributed by atoms with Crippen LogP contribution in [0.4, 0.5) is 0 Å². The number of amides is 1. The molecule has 5 heteroatoms. The minimum Gasteiger partial charge on any atom is -0.386 e. The molecule has 16 heavy (non-hydrogen) atoms. The number of imidazole rings is 1. The molecule has 0 atom stereocenters. The number of nitrogens with zero attached hydrogens (tertiary/aromatic N) is 3. The van der Waals surface area contributed by atoms with Gasteiger partial charge in [-0.3, -0.25) is 4.79 Å². The van der Waals surface area contributed by atoms with Crippen LogP contribution >= 0.6 is 0 Å². The fourth-order valence-corrected chi connectivity index (χ4v) is 2.12. The number of aromatic nitrogens is 2. The first kappa shape index (κ1) is 11.1. The predicted molar refractivity (Wildman–Crippen MR) is 59.0 cm³/mol. The molecule has 0 aliphatic carbocycles. The zero-order valence-corrected chi connectivity index (χ0v) is 9.68. The molecule has 1 aliphatic rings. The van der Waals surface area contributed by atoms with E-state index in [4.69, 9.17) is 0 Å². The van der Waals surface area contributed by atoms with Gasteiger partial charge in [-0.2, -0.15) is 0 Å². The van der Waals surface area contributed by atoms with Gasteiger partial charge in [0.05, 0.1) is 25.0 Å². The maximum atomic E-state index is 11.9. The summed E-state index contributed by atoms with van der Waals surface area (Å²) in [5.74, 6) is -0.0959. The quantitative estimate of drug-likeness (QED) is 0.807. The summed E-state index contributed by atoms with van der Waals surface area (Å²) in [4.78, 5) is 17.5. The number of aliphatic hydroxyl groups is 1. The van der Waals surface area contributed by atoms with E-state index >= 15 is 0 Å². The van der Waals surface area contributed by atoms with E-state index in [0.717, 1.165) is 12.8 Å². The molecule has 1 aliphatic heterocycles. The van der Waals surface area contributed by atoms with Gasteiger partial charge < -0.3 is 14.6 Å². The van der Waals surface area contributed by atoms with Gasteiger partial charge in [0, 0.05) is 13.2 Å². The number of likely N-dealkylation sites (tertiary alicyclic amines) is 1. The average molecular weight is 223 g/mol. The lowest BCUT2D eigenvalue weighted by atomic mass is 9.89. The zero-order valence-electron chi connectivity index (χ0n) is 9.68. The molecule has 1 amide bonds. The van der Waals surface area contributed by atoms with E-state index in [2.05, 4.69) is 4.98 Å². The van der Waals surface area contributed by atoms with Crippen LogP contribution in [-0.4, -0.2) is 44.2 Å². The monoisotopic (exact) mass is 223 g/mol. The van der Waals surface area contributed by atoms with Crippen molar-refractivity contribution in [3.8, 4) is 0 Å². The van der Waals surface area contributed by atoms with Gasteiger partial charge in [-0.05, 0) is 6.42 Å². The number of carbonyl (C=O) groups excluding carboxylic acids is 1. The van der Waals surface area contributed by atoms with E-state index in [1.54, 1.807) is 22.0 Å². The molecule has 0 spiro atoms. The summed E-state index contributed by atoms with van der Waals surface area (Å²) >= 11 is 0. The highest BCUT2D eigenvalue weighted by atomic mass is 16.3. The number of aryl methyl sites for hydroxylation is 1. The van der Waals surface area contributed by atoms with Crippen LogP contribution in [0.1, 0.15) is 30.3 Å². The molecule has 1 saturated heterocycles. The third kappa shape index (κ3) is 1.95. The fraction of sp³-hybridized carbons (Fsp3) is 0.636. The van der Waals surface area contributed by atoms with Gasteiger partial charge in [0.1, 0.15) is 5.69 Å². The molecule has 0 aromatic carbocycles. The Hall–Kier alpha value is -1.36. The Morgan fingerprint density at radius 2 is 2.31 bits per heavy atom. The molecule has 0 radical (unpaired) electrons. The van der Waals surface area contributed by atoms with Crippen molar-refractivity contribution in [1.82, 2.24) is 14.5 Å². The maximum Gasteiger partial charge on any atom is 0.274 e. The van der Waals surface area contributed by atoms with E-state index < -0.39 is 5.60 Å². The summed E-state index contributed by atoms with van der Waals surface area (Å²) < 4.78 is 1.74. The smallest absolute Gasteiger partial charge is 0.274 e. The van der Waals surface area contributed by atoms with Crippen LogP contribution in [0.15, 0.2) is 12.5 Å². The van der Waals surface area contributed by atoms with Crippen LogP contribution in [-0.2, 0) is 7.05 Å². The molecule has 88 valence electrons. The Morgan fingerprint density at radius 1 is 1.62 bits per heavy atom. The summed E-state index contributed by atoms with van der Waals surface area (Å²) in [6, 6.07) is 0. The molecule has 0 bridgehead atoms. The van der Waals surface area contributed by atoms with E-state index in [-0.39, 0.29) is 5.91 Å². The Balaban J connectivity index is 1.95. The summed E-state index contributed by atoms with van der Waals surface area (Å²) in [7, 11) is 1.83. The van der Waals surface area contributed by atoms with E-state index in [1.165, 1.54) is 0 Å². The highest BCUT2D eigenvalue weighted by molar-refractivity contribution is 5.92. The molecule has 2 heterocycles. The number of β-amino-alcohol motifs (C(OH)–C–C–N with tert-alkyl or cyclic N) is 1. The normalized spacial score (nSPS) is 18.3. The van der Waals surface area contributed by atoms with Crippen LogP contribution in [0.5, 0.6) is 0 Å². The molecule has 0 unspecified atom stereocenters. The predicted octanol–water partition coefficient (Wildman–Crippen LogP) is 0.407. The topological polar surface area (TPSA) is 58.4 Å². The summed E-state index contributed by atoms with van der Waals surface area (Å²) in [5.41, 5.74) is -0.222. The van der Waals surface area contributed by atoms with Crippen molar-refractivity contribution >= 4 is 5.91 Å². The van der Waals surface area contributed by atoms with Crippen LogP contribution in [0, 0.1) is 0 Å². The van der Waals surface area contributed by atoms with Crippen molar-refractivity contribution in [2.45, 2.75) is 25.4 Å². The van der Waals surface area contributed by atoms with Crippen molar-refractivity contribution < 1.29 is 9.90 Å². The lowest BCUT2D eigenvalue weighted by molar-refractivity contribution is -0.0861. The first-order valence-corrected chi connectivity index (χ1v) is 5.54. The van der Waals surface area contributed by atoms with Gasteiger partial charge >= 0.3 is 0 Å². The standard InChI is InChI=1S/C11H17N3O2/c1-3-4-11(16)6-14(7-11)10(15)9-5-13(2)8-12-9/h5,8,16H,3-4,6-7H2,1-2H3. The van der Waals surface area contributed by atoms with Crippen molar-refractivity contribution in [1.29, 1.82) is 0 Å². The van der Waals surface area contributed by atoms with Gasteiger partial charge in [-0.15, -0.1) is 0 Å². The lowest BCUT2D eigenvalue weighted by Crippen LogP contribution is -2.63. The summed E-state index contributed by atoms with van der Waals surface area (Å²) in [6.07, 6.45) is 4.98. The van der Waals surface area contributed by atoms with E-state index in [9.17, 15) is 9.90 Å². The molecule has 1 fully saturated rings. The molecular weight excluding hydrogens is 206 g/mol. The molecular formula is C11H17N3O2. The van der Waals surface area contributed by atoms with Crippen molar-refractivity contribution in [2.24, 2.45) is 7.05 Å². The second-order valence-electron chi connectivity index (χ2n) is 4.56. The van der Waals surface area contributed by atoms with Crippen LogP contribution in [0.3, 0.4) is 0 Å². The molecule has 0 saturated carbocycles. The highest BCUT2D eigenvalue weighted by Gasteiger charge is 2.43.